The molecule has 0 aliphatic carbocycles. The number of aromatic nitrogens is 1. The van der Waals surface area contributed by atoms with E-state index in [0.29, 0.717) is 68.2 Å². The number of carbonyl (C=O) groups excluding carboxylic acids is 2. The van der Waals surface area contributed by atoms with Gasteiger partial charge in [-0.15, -0.1) is 0 Å². The number of pyridine rings is 1. The van der Waals surface area contributed by atoms with Gasteiger partial charge in [0, 0.05) is 74.5 Å². The van der Waals surface area contributed by atoms with Gasteiger partial charge in [0.05, 0.1) is 35.9 Å². The van der Waals surface area contributed by atoms with Crippen molar-refractivity contribution in [3.05, 3.63) is 83.4 Å². The number of anilines is 3. The van der Waals surface area contributed by atoms with Crippen LogP contribution >= 0.6 is 0 Å². The molecule has 0 bridgehead atoms. The summed E-state index contributed by atoms with van der Waals surface area (Å²) < 4.78 is 13.4. The molecule has 2 amide bonds. The van der Waals surface area contributed by atoms with Crippen LogP contribution in [0.2, 0.25) is 0 Å². The predicted molar refractivity (Wildman–Crippen MR) is 181 cm³/mol. The van der Waals surface area contributed by atoms with E-state index >= 15 is 0 Å². The van der Waals surface area contributed by atoms with Gasteiger partial charge in [0.25, 0.3) is 0 Å². The largest absolute Gasteiger partial charge is 0.398 e. The Morgan fingerprint density at radius 3 is 2.45 bits per heavy atom. The van der Waals surface area contributed by atoms with Crippen LogP contribution in [0.1, 0.15) is 29.7 Å². The molecule has 0 radical (unpaired) electrons. The van der Waals surface area contributed by atoms with Crippen molar-refractivity contribution in [2.75, 3.05) is 74.9 Å². The first-order chi connectivity index (χ1) is 22.7. The fraction of sp³-hybridized carbons (Fsp3) is 0.353. The lowest BCUT2D eigenvalue weighted by Crippen LogP contribution is -2.51. The van der Waals surface area contributed by atoms with E-state index in [4.69, 9.17) is 16.6 Å². The lowest BCUT2D eigenvalue weighted by atomic mass is 9.85. The molecular formula is C34H39FN10O2. The maximum Gasteiger partial charge on any atom is 0.236 e. The second kappa shape index (κ2) is 13.3. The Labute approximate surface area is 273 Å². The molecule has 3 aliphatic rings. The molecule has 6 rings (SSSR count). The van der Waals surface area contributed by atoms with Crippen molar-refractivity contribution in [1.82, 2.24) is 20.1 Å². The van der Waals surface area contributed by atoms with E-state index in [1.165, 1.54) is 18.5 Å². The van der Waals surface area contributed by atoms with Gasteiger partial charge in [0.15, 0.2) is 5.84 Å². The summed E-state index contributed by atoms with van der Waals surface area (Å²) in [7, 11) is 1.74. The van der Waals surface area contributed by atoms with Crippen molar-refractivity contribution in [2.45, 2.75) is 12.8 Å². The number of rotatable bonds is 8. The van der Waals surface area contributed by atoms with Gasteiger partial charge in [-0.25, -0.2) is 9.38 Å². The molecule has 13 heteroatoms. The number of carbonyl (C=O) groups is 2. The highest BCUT2D eigenvalue weighted by atomic mass is 19.1. The van der Waals surface area contributed by atoms with E-state index in [0.717, 1.165) is 30.5 Å². The fourth-order valence-corrected chi connectivity index (χ4v) is 6.67. The molecule has 3 aromatic rings. The van der Waals surface area contributed by atoms with Crippen molar-refractivity contribution < 1.29 is 14.0 Å². The normalized spacial score (nSPS) is 20.0. The number of likely N-dealkylation sites (tertiary alicyclic amines) is 1. The maximum atomic E-state index is 13.9. The smallest absolute Gasteiger partial charge is 0.236 e. The fourth-order valence-electron chi connectivity index (χ4n) is 6.67. The highest BCUT2D eigenvalue weighted by molar-refractivity contribution is 6.13. The first-order valence-electron chi connectivity index (χ1n) is 15.7. The summed E-state index contributed by atoms with van der Waals surface area (Å²) in [5.41, 5.74) is 9.25. The molecule has 1 spiro atoms. The van der Waals surface area contributed by atoms with Crippen LogP contribution in [0.3, 0.4) is 0 Å². The number of benzene rings is 2. The van der Waals surface area contributed by atoms with Crippen LogP contribution in [0.5, 0.6) is 0 Å². The highest BCUT2D eigenvalue weighted by Gasteiger charge is 2.51. The number of nitrogen functional groups attached to an aromatic ring is 1. The number of nitrogens with zero attached hydrogens (tertiary/aromatic N) is 6. The van der Waals surface area contributed by atoms with Gasteiger partial charge in [-0.2, -0.15) is 0 Å². The number of halogens is 1. The van der Waals surface area contributed by atoms with Gasteiger partial charge in [0.2, 0.25) is 11.8 Å². The summed E-state index contributed by atoms with van der Waals surface area (Å²) in [6, 6.07) is 15.6. The minimum absolute atomic E-state index is 0.0261. The SMILES string of the molecule is CN/C=N\C(=N)c1ccc(N2CCN(C(=O)CN3CC[C@]4(CCN(c5ccc(N)c(C(=N)c6ccc(F)cn6)c5)C4=O)C3)CC2)cc1. The summed E-state index contributed by atoms with van der Waals surface area (Å²) in [6.07, 6.45) is 3.92. The monoisotopic (exact) mass is 638 g/mol. The van der Waals surface area contributed by atoms with Crippen LogP contribution in [-0.4, -0.2) is 104 Å². The van der Waals surface area contributed by atoms with Crippen LogP contribution in [0, 0.1) is 22.1 Å². The van der Waals surface area contributed by atoms with Crippen LogP contribution < -0.4 is 20.9 Å². The lowest BCUT2D eigenvalue weighted by Gasteiger charge is -2.37. The zero-order chi connectivity index (χ0) is 33.1. The van der Waals surface area contributed by atoms with E-state index < -0.39 is 11.2 Å². The standard InChI is InChI=1S/C34H39FN10O2/c1-39-22-41-32(38)23-2-5-25(6-3-23)43-14-16-44(17-15-43)30(46)20-42-12-10-34(21-42)11-13-45(33(34)47)26-7-8-28(36)27(18-26)31(37)29-9-4-24(35)19-40-29/h2-9,18-19,22,37H,10-17,20-21,36H2,1H3,(H2,38,39,41)/t34-/m0/s1. The lowest BCUT2D eigenvalue weighted by molar-refractivity contribution is -0.133. The van der Waals surface area contributed by atoms with Crippen molar-refractivity contribution >= 4 is 46.8 Å². The topological polar surface area (TPSA) is 158 Å². The average Bonchev–Trinajstić information content (AvgIpc) is 3.65. The van der Waals surface area contributed by atoms with Gasteiger partial charge >= 0.3 is 0 Å². The number of hydrogen-bond acceptors (Lipinski definition) is 8. The van der Waals surface area contributed by atoms with E-state index in [2.05, 4.69) is 25.1 Å². The molecule has 3 saturated heterocycles. The second-order valence-corrected chi connectivity index (χ2v) is 12.3. The van der Waals surface area contributed by atoms with Gasteiger partial charge in [0.1, 0.15) is 5.82 Å². The molecule has 1 atom stereocenters. The number of amidine groups is 1. The summed E-state index contributed by atoms with van der Waals surface area (Å²) in [6.45, 7) is 4.72. The number of aliphatic imine (C=N–C) groups is 1. The molecule has 3 fully saturated rings. The third-order valence-corrected chi connectivity index (χ3v) is 9.37. The maximum absolute atomic E-state index is 13.9. The molecular weight excluding hydrogens is 599 g/mol. The number of nitrogens with one attached hydrogen (secondary N) is 3. The van der Waals surface area contributed by atoms with Crippen LogP contribution in [0.25, 0.3) is 0 Å². The quantitative estimate of drug-likeness (QED) is 0.168. The van der Waals surface area contributed by atoms with Crippen molar-refractivity contribution in [1.29, 1.82) is 10.8 Å². The third kappa shape index (κ3) is 6.57. The summed E-state index contributed by atoms with van der Waals surface area (Å²) in [5.74, 6) is -0.196. The molecule has 1 aromatic heterocycles. The van der Waals surface area contributed by atoms with Crippen LogP contribution in [0.4, 0.5) is 21.5 Å². The predicted octanol–water partition coefficient (Wildman–Crippen LogP) is 2.57. The minimum atomic E-state index is -0.548. The van der Waals surface area contributed by atoms with Crippen LogP contribution in [-0.2, 0) is 9.59 Å². The van der Waals surface area contributed by atoms with E-state index in [1.807, 2.05) is 29.2 Å². The Morgan fingerprint density at radius 2 is 1.74 bits per heavy atom. The zero-order valence-electron chi connectivity index (χ0n) is 26.4. The molecule has 12 nitrogen and oxygen atoms in total. The summed E-state index contributed by atoms with van der Waals surface area (Å²) >= 11 is 0. The molecule has 0 saturated carbocycles. The van der Waals surface area contributed by atoms with Gasteiger partial charge in [-0.3, -0.25) is 30.3 Å². The minimum Gasteiger partial charge on any atom is -0.398 e. The Balaban J connectivity index is 1.03. The van der Waals surface area contributed by atoms with Gasteiger partial charge < -0.3 is 25.8 Å². The molecule has 47 heavy (non-hydrogen) atoms. The van der Waals surface area contributed by atoms with E-state index in [9.17, 15) is 14.0 Å². The molecule has 5 N–H and O–H groups in total. The Bertz CT molecular complexity index is 1700. The second-order valence-electron chi connectivity index (χ2n) is 12.3. The van der Waals surface area contributed by atoms with E-state index in [-0.39, 0.29) is 29.9 Å². The third-order valence-electron chi connectivity index (χ3n) is 9.37. The summed E-state index contributed by atoms with van der Waals surface area (Å²) in [4.78, 5) is 43.2. The Morgan fingerprint density at radius 1 is 1.02 bits per heavy atom. The number of piperazine rings is 1. The molecule has 4 heterocycles. The van der Waals surface area contributed by atoms with Crippen molar-refractivity contribution in [3.63, 3.8) is 0 Å². The van der Waals surface area contributed by atoms with Crippen molar-refractivity contribution in [2.24, 2.45) is 10.4 Å². The van der Waals surface area contributed by atoms with Gasteiger partial charge in [-0.1, -0.05) is 0 Å². The first kappa shape index (κ1) is 31.8. The number of amides is 2. The molecule has 2 aromatic carbocycles. The Kier molecular flexibility index (Phi) is 8.99. The van der Waals surface area contributed by atoms with E-state index in [1.54, 1.807) is 30.1 Å². The van der Waals surface area contributed by atoms with Gasteiger partial charge in [-0.05, 0) is 74.0 Å². The van der Waals surface area contributed by atoms with Crippen LogP contribution in [0.15, 0.2) is 65.8 Å². The number of nitrogens with two attached hydrogens (primary N) is 1. The molecule has 0 unspecified atom stereocenters. The van der Waals surface area contributed by atoms with Crippen molar-refractivity contribution in [3.8, 4) is 0 Å². The first-order valence-corrected chi connectivity index (χ1v) is 15.7. The molecule has 3 aliphatic heterocycles. The average molecular weight is 639 g/mol. The Hall–Kier alpha value is -5.17. The zero-order valence-corrected chi connectivity index (χ0v) is 26.4. The number of hydrogen-bond donors (Lipinski definition) is 4. The summed E-state index contributed by atoms with van der Waals surface area (Å²) in [5, 5.41) is 19.4. The molecule has 244 valence electrons. The highest BCUT2D eigenvalue weighted by Crippen LogP contribution is 2.42.